The van der Waals surface area contributed by atoms with Gasteiger partial charge in [-0.3, -0.25) is 4.79 Å². The van der Waals surface area contributed by atoms with Crippen LogP contribution in [-0.2, 0) is 14.9 Å². The maximum atomic E-state index is 13.0. The SMILES string of the molecule is COc1cccc(C2(C(=O)N[C@@H]3C[C@@H](O)C34CCOCC4)CC2)c1. The van der Waals surface area contributed by atoms with Gasteiger partial charge in [0, 0.05) is 24.7 Å². The summed E-state index contributed by atoms with van der Waals surface area (Å²) in [5.41, 5.74) is 0.431. The molecular weight excluding hydrogens is 306 g/mol. The zero-order valence-corrected chi connectivity index (χ0v) is 14.1. The van der Waals surface area contributed by atoms with E-state index in [0.717, 1.165) is 37.0 Å². The highest BCUT2D eigenvalue weighted by Crippen LogP contribution is 2.52. The third kappa shape index (κ3) is 2.33. The fourth-order valence-corrected chi connectivity index (χ4v) is 4.39. The van der Waals surface area contributed by atoms with Gasteiger partial charge in [0.05, 0.1) is 18.6 Å². The number of aliphatic hydroxyl groups is 1. The van der Waals surface area contributed by atoms with E-state index in [4.69, 9.17) is 9.47 Å². The minimum atomic E-state index is -0.415. The Hall–Kier alpha value is -1.59. The van der Waals surface area contributed by atoms with Crippen LogP contribution in [0.15, 0.2) is 24.3 Å². The molecule has 24 heavy (non-hydrogen) atoms. The Kier molecular flexibility index (Phi) is 3.81. The quantitative estimate of drug-likeness (QED) is 0.882. The predicted octanol–water partition coefficient (Wildman–Crippen LogP) is 1.77. The van der Waals surface area contributed by atoms with E-state index in [1.807, 2.05) is 24.3 Å². The molecule has 5 heteroatoms. The summed E-state index contributed by atoms with van der Waals surface area (Å²) in [5, 5.41) is 13.5. The number of amides is 1. The molecule has 1 aliphatic heterocycles. The van der Waals surface area contributed by atoms with E-state index in [2.05, 4.69) is 5.32 Å². The van der Waals surface area contributed by atoms with Gasteiger partial charge in [-0.25, -0.2) is 0 Å². The van der Waals surface area contributed by atoms with Crippen LogP contribution < -0.4 is 10.1 Å². The molecule has 0 aromatic heterocycles. The molecule has 1 aromatic rings. The zero-order chi connectivity index (χ0) is 16.8. The van der Waals surface area contributed by atoms with E-state index >= 15 is 0 Å². The summed E-state index contributed by atoms with van der Waals surface area (Å²) in [7, 11) is 1.64. The standard InChI is InChI=1S/C19H25NO4/c1-23-14-4-2-3-13(11-14)18(5-6-18)17(22)20-15-12-16(21)19(15)7-9-24-10-8-19/h2-4,11,15-16,21H,5-10,12H2,1H3,(H,20,22)/t15-,16-/m1/s1. The fraction of sp³-hybridized carbons (Fsp3) is 0.632. The van der Waals surface area contributed by atoms with Gasteiger partial charge in [-0.1, -0.05) is 12.1 Å². The second kappa shape index (κ2) is 5.74. The van der Waals surface area contributed by atoms with Crippen LogP contribution in [0.1, 0.15) is 37.7 Å². The number of hydrogen-bond acceptors (Lipinski definition) is 4. The fourth-order valence-electron chi connectivity index (χ4n) is 4.39. The minimum Gasteiger partial charge on any atom is -0.497 e. The number of hydrogen-bond donors (Lipinski definition) is 2. The number of benzene rings is 1. The first-order valence-electron chi connectivity index (χ1n) is 8.82. The molecule has 0 unspecified atom stereocenters. The van der Waals surface area contributed by atoms with Crippen LogP contribution in [0.25, 0.3) is 0 Å². The summed E-state index contributed by atoms with van der Waals surface area (Å²) in [6, 6.07) is 7.87. The Morgan fingerprint density at radius 3 is 2.67 bits per heavy atom. The normalized spacial score (nSPS) is 29.6. The molecule has 1 saturated heterocycles. The van der Waals surface area contributed by atoms with Gasteiger partial charge in [0.25, 0.3) is 0 Å². The van der Waals surface area contributed by atoms with Gasteiger partial charge in [-0.2, -0.15) is 0 Å². The molecule has 0 bridgehead atoms. The molecular formula is C19H25NO4. The van der Waals surface area contributed by atoms with Crippen molar-refractivity contribution in [1.29, 1.82) is 0 Å². The number of methoxy groups -OCH3 is 1. The lowest BCUT2D eigenvalue weighted by atomic mass is 9.57. The van der Waals surface area contributed by atoms with Crippen LogP contribution in [0.4, 0.5) is 0 Å². The van der Waals surface area contributed by atoms with Crippen molar-refractivity contribution in [3.8, 4) is 5.75 Å². The summed E-state index contributed by atoms with van der Waals surface area (Å²) in [4.78, 5) is 13.0. The maximum absolute atomic E-state index is 13.0. The Morgan fingerprint density at radius 2 is 2.04 bits per heavy atom. The van der Waals surface area contributed by atoms with Crippen LogP contribution in [0.2, 0.25) is 0 Å². The number of carbonyl (C=O) groups excluding carboxylic acids is 1. The van der Waals surface area contributed by atoms with Crippen LogP contribution >= 0.6 is 0 Å². The van der Waals surface area contributed by atoms with Crippen molar-refractivity contribution in [1.82, 2.24) is 5.32 Å². The number of rotatable bonds is 4. The largest absolute Gasteiger partial charge is 0.497 e. The van der Waals surface area contributed by atoms with Crippen LogP contribution in [0.5, 0.6) is 5.75 Å². The second-order valence-corrected chi connectivity index (χ2v) is 7.44. The van der Waals surface area contributed by atoms with Gasteiger partial charge in [0.15, 0.2) is 0 Å². The van der Waals surface area contributed by atoms with E-state index in [9.17, 15) is 9.90 Å². The first kappa shape index (κ1) is 15.9. The molecule has 3 fully saturated rings. The van der Waals surface area contributed by atoms with Crippen molar-refractivity contribution in [2.45, 2.75) is 49.7 Å². The molecule has 5 nitrogen and oxygen atoms in total. The molecule has 1 spiro atoms. The molecule has 2 atom stereocenters. The van der Waals surface area contributed by atoms with E-state index in [1.54, 1.807) is 7.11 Å². The van der Waals surface area contributed by atoms with Gasteiger partial charge < -0.3 is 19.9 Å². The van der Waals surface area contributed by atoms with Crippen molar-refractivity contribution in [3.63, 3.8) is 0 Å². The van der Waals surface area contributed by atoms with E-state index in [-0.39, 0.29) is 23.5 Å². The highest BCUT2D eigenvalue weighted by Gasteiger charge is 2.58. The third-order valence-electron chi connectivity index (χ3n) is 6.35. The van der Waals surface area contributed by atoms with Gasteiger partial charge in [0.2, 0.25) is 5.91 Å². The van der Waals surface area contributed by atoms with Crippen LogP contribution in [0, 0.1) is 5.41 Å². The van der Waals surface area contributed by atoms with Crippen molar-refractivity contribution in [2.24, 2.45) is 5.41 Å². The van der Waals surface area contributed by atoms with E-state index < -0.39 is 5.41 Å². The molecule has 2 N–H and O–H groups in total. The summed E-state index contributed by atoms with van der Waals surface area (Å²) >= 11 is 0. The lowest BCUT2D eigenvalue weighted by molar-refractivity contribution is -0.157. The number of nitrogens with one attached hydrogen (secondary N) is 1. The zero-order valence-electron chi connectivity index (χ0n) is 14.1. The van der Waals surface area contributed by atoms with E-state index in [0.29, 0.717) is 19.6 Å². The molecule has 0 radical (unpaired) electrons. The predicted molar refractivity (Wildman–Crippen MR) is 88.9 cm³/mol. The Bertz CT molecular complexity index is 634. The topological polar surface area (TPSA) is 67.8 Å². The monoisotopic (exact) mass is 331 g/mol. The smallest absolute Gasteiger partial charge is 0.230 e. The molecule has 4 rings (SSSR count). The molecule has 130 valence electrons. The summed E-state index contributed by atoms with van der Waals surface area (Å²) in [6.07, 6.45) is 3.73. The summed E-state index contributed by atoms with van der Waals surface area (Å²) in [5.74, 6) is 0.880. The molecule has 1 heterocycles. The van der Waals surface area contributed by atoms with Gasteiger partial charge >= 0.3 is 0 Å². The van der Waals surface area contributed by atoms with Gasteiger partial charge in [-0.15, -0.1) is 0 Å². The highest BCUT2D eigenvalue weighted by molar-refractivity contribution is 5.91. The lowest BCUT2D eigenvalue weighted by Gasteiger charge is -2.55. The van der Waals surface area contributed by atoms with Gasteiger partial charge in [0.1, 0.15) is 5.75 Å². The van der Waals surface area contributed by atoms with E-state index in [1.165, 1.54) is 0 Å². The van der Waals surface area contributed by atoms with Crippen molar-refractivity contribution < 1.29 is 19.4 Å². The number of ether oxygens (including phenoxy) is 2. The average Bonchev–Trinajstić information content (AvgIpc) is 3.44. The Labute approximate surface area is 142 Å². The molecule has 2 aliphatic carbocycles. The van der Waals surface area contributed by atoms with Crippen LogP contribution in [-0.4, -0.2) is 43.5 Å². The first-order valence-corrected chi connectivity index (χ1v) is 8.82. The summed E-state index contributed by atoms with van der Waals surface area (Å²) in [6.45, 7) is 1.34. The van der Waals surface area contributed by atoms with Crippen molar-refractivity contribution in [3.05, 3.63) is 29.8 Å². The second-order valence-electron chi connectivity index (χ2n) is 7.44. The van der Waals surface area contributed by atoms with Crippen molar-refractivity contribution in [2.75, 3.05) is 20.3 Å². The minimum absolute atomic E-state index is 0.0620. The Morgan fingerprint density at radius 1 is 1.29 bits per heavy atom. The molecule has 2 saturated carbocycles. The number of aliphatic hydroxyl groups excluding tert-OH is 1. The first-order chi connectivity index (χ1) is 11.6. The molecule has 1 aromatic carbocycles. The molecule has 1 amide bonds. The maximum Gasteiger partial charge on any atom is 0.230 e. The third-order valence-corrected chi connectivity index (χ3v) is 6.35. The lowest BCUT2D eigenvalue weighted by Crippen LogP contribution is -2.66. The van der Waals surface area contributed by atoms with Gasteiger partial charge in [-0.05, 0) is 49.8 Å². The summed E-state index contributed by atoms with van der Waals surface area (Å²) < 4.78 is 10.7. The Balaban J connectivity index is 1.50. The van der Waals surface area contributed by atoms with Crippen molar-refractivity contribution >= 4 is 5.91 Å². The average molecular weight is 331 g/mol. The highest BCUT2D eigenvalue weighted by atomic mass is 16.5. The molecule has 3 aliphatic rings. The number of carbonyl (C=O) groups is 1. The van der Waals surface area contributed by atoms with Crippen LogP contribution in [0.3, 0.4) is 0 Å².